The molecule has 0 aliphatic carbocycles. The number of rotatable bonds is 5. The average Bonchev–Trinajstić information content (AvgIpc) is 2.40. The van der Waals surface area contributed by atoms with E-state index in [2.05, 4.69) is 26.0 Å². The summed E-state index contributed by atoms with van der Waals surface area (Å²) in [6.07, 6.45) is 0.827. The van der Waals surface area contributed by atoms with Gasteiger partial charge < -0.3 is 14.4 Å². The molecule has 0 unspecified atom stereocenters. The van der Waals surface area contributed by atoms with Crippen molar-refractivity contribution in [2.45, 2.75) is 26.2 Å². The standard InChI is InChI=1S/C15H21NO3/c1-11(2)12-5-6-14-13(9-12)16(7-4-8-18-3)15(17)10-19-14/h5-6,9,11H,4,7-8,10H2,1-3H3. The summed E-state index contributed by atoms with van der Waals surface area (Å²) in [7, 11) is 1.67. The number of carbonyl (C=O) groups is 1. The molecule has 0 atom stereocenters. The van der Waals surface area contributed by atoms with E-state index in [-0.39, 0.29) is 12.5 Å². The second-order valence-corrected chi connectivity index (χ2v) is 5.06. The van der Waals surface area contributed by atoms with Crippen molar-refractivity contribution < 1.29 is 14.3 Å². The van der Waals surface area contributed by atoms with Crippen molar-refractivity contribution in [1.29, 1.82) is 0 Å². The molecule has 1 aromatic carbocycles. The Balaban J connectivity index is 2.25. The largest absolute Gasteiger partial charge is 0.482 e. The number of anilines is 1. The predicted molar refractivity (Wildman–Crippen MR) is 74.9 cm³/mol. The Kier molecular flexibility index (Phi) is 4.43. The molecule has 0 N–H and O–H groups in total. The normalized spacial score (nSPS) is 14.5. The van der Waals surface area contributed by atoms with E-state index in [1.807, 2.05) is 11.0 Å². The van der Waals surface area contributed by atoms with Gasteiger partial charge in [-0.2, -0.15) is 0 Å². The van der Waals surface area contributed by atoms with E-state index in [9.17, 15) is 4.79 Å². The minimum absolute atomic E-state index is 0.0181. The Bertz CT molecular complexity index is 457. The Morgan fingerprint density at radius 3 is 2.89 bits per heavy atom. The summed E-state index contributed by atoms with van der Waals surface area (Å²) in [5.74, 6) is 1.24. The van der Waals surface area contributed by atoms with Gasteiger partial charge in [0.25, 0.3) is 5.91 Å². The molecule has 1 aliphatic heterocycles. The average molecular weight is 263 g/mol. The van der Waals surface area contributed by atoms with Gasteiger partial charge in [-0.1, -0.05) is 19.9 Å². The lowest BCUT2D eigenvalue weighted by Gasteiger charge is -2.30. The molecular weight excluding hydrogens is 242 g/mol. The number of hydrogen-bond acceptors (Lipinski definition) is 3. The molecule has 104 valence electrons. The third-order valence-corrected chi connectivity index (χ3v) is 3.32. The topological polar surface area (TPSA) is 38.8 Å². The van der Waals surface area contributed by atoms with Crippen LogP contribution in [0.3, 0.4) is 0 Å². The summed E-state index contributed by atoms with van der Waals surface area (Å²) in [4.78, 5) is 13.8. The van der Waals surface area contributed by atoms with Crippen LogP contribution in [0.5, 0.6) is 5.75 Å². The number of ether oxygens (including phenoxy) is 2. The number of fused-ring (bicyclic) bond motifs is 1. The summed E-state index contributed by atoms with van der Waals surface area (Å²) in [5, 5.41) is 0. The van der Waals surface area contributed by atoms with E-state index in [0.29, 0.717) is 19.1 Å². The van der Waals surface area contributed by atoms with Gasteiger partial charge in [-0.15, -0.1) is 0 Å². The fourth-order valence-corrected chi connectivity index (χ4v) is 2.19. The van der Waals surface area contributed by atoms with Gasteiger partial charge in [-0.25, -0.2) is 0 Å². The first-order valence-electron chi connectivity index (χ1n) is 6.69. The predicted octanol–water partition coefficient (Wildman–Crippen LogP) is 2.57. The molecule has 4 nitrogen and oxygen atoms in total. The Morgan fingerprint density at radius 2 is 2.21 bits per heavy atom. The highest BCUT2D eigenvalue weighted by Crippen LogP contribution is 2.34. The monoisotopic (exact) mass is 263 g/mol. The van der Waals surface area contributed by atoms with Crippen LogP contribution in [0.4, 0.5) is 5.69 Å². The zero-order valence-electron chi connectivity index (χ0n) is 11.8. The number of nitrogens with zero attached hydrogens (tertiary/aromatic N) is 1. The second kappa shape index (κ2) is 6.06. The second-order valence-electron chi connectivity index (χ2n) is 5.06. The molecule has 0 saturated heterocycles. The molecule has 2 rings (SSSR count). The molecule has 0 fully saturated rings. The van der Waals surface area contributed by atoms with E-state index in [0.717, 1.165) is 17.9 Å². The third-order valence-electron chi connectivity index (χ3n) is 3.32. The highest BCUT2D eigenvalue weighted by molar-refractivity contribution is 5.97. The van der Waals surface area contributed by atoms with Crippen molar-refractivity contribution in [2.75, 3.05) is 31.8 Å². The lowest BCUT2D eigenvalue weighted by molar-refractivity contribution is -0.121. The maximum Gasteiger partial charge on any atom is 0.265 e. The van der Waals surface area contributed by atoms with E-state index in [1.165, 1.54) is 5.56 Å². The summed E-state index contributed by atoms with van der Waals surface area (Å²) in [6, 6.07) is 6.08. The van der Waals surface area contributed by atoms with Crippen LogP contribution in [0.2, 0.25) is 0 Å². The Labute approximate surface area is 114 Å². The first kappa shape index (κ1) is 13.9. The van der Waals surface area contributed by atoms with Crippen LogP contribution >= 0.6 is 0 Å². The zero-order valence-corrected chi connectivity index (χ0v) is 11.8. The van der Waals surface area contributed by atoms with Gasteiger partial charge in [0.2, 0.25) is 0 Å². The molecule has 1 heterocycles. The van der Waals surface area contributed by atoms with Crippen LogP contribution in [0.1, 0.15) is 31.7 Å². The lowest BCUT2D eigenvalue weighted by Crippen LogP contribution is -2.39. The molecule has 4 heteroatoms. The Hall–Kier alpha value is -1.55. The van der Waals surface area contributed by atoms with Crippen molar-refractivity contribution in [3.63, 3.8) is 0 Å². The van der Waals surface area contributed by atoms with Crippen molar-refractivity contribution in [3.8, 4) is 5.75 Å². The number of hydrogen-bond donors (Lipinski definition) is 0. The quantitative estimate of drug-likeness (QED) is 0.766. The summed E-state index contributed by atoms with van der Waals surface area (Å²) < 4.78 is 10.5. The summed E-state index contributed by atoms with van der Waals surface area (Å²) in [5.41, 5.74) is 2.10. The maximum atomic E-state index is 12.0. The SMILES string of the molecule is COCCCN1C(=O)COc2ccc(C(C)C)cc21. The van der Waals surface area contributed by atoms with Gasteiger partial charge in [-0.3, -0.25) is 4.79 Å². The number of benzene rings is 1. The molecule has 1 amide bonds. The van der Waals surface area contributed by atoms with Crippen molar-refractivity contribution >= 4 is 11.6 Å². The molecule has 1 aliphatic rings. The highest BCUT2D eigenvalue weighted by atomic mass is 16.5. The minimum atomic E-state index is 0.0181. The fraction of sp³-hybridized carbons (Fsp3) is 0.533. The van der Waals surface area contributed by atoms with Crippen LogP contribution in [-0.2, 0) is 9.53 Å². The van der Waals surface area contributed by atoms with Gasteiger partial charge >= 0.3 is 0 Å². The van der Waals surface area contributed by atoms with Gasteiger partial charge in [0.1, 0.15) is 5.75 Å². The van der Waals surface area contributed by atoms with Crippen LogP contribution in [0.25, 0.3) is 0 Å². The van der Waals surface area contributed by atoms with Gasteiger partial charge in [0.15, 0.2) is 6.61 Å². The molecule has 0 saturated carbocycles. The van der Waals surface area contributed by atoms with Crippen LogP contribution in [0, 0.1) is 0 Å². The van der Waals surface area contributed by atoms with Gasteiger partial charge in [-0.05, 0) is 30.0 Å². The smallest absolute Gasteiger partial charge is 0.265 e. The summed E-state index contributed by atoms with van der Waals surface area (Å²) in [6.45, 7) is 5.74. The third kappa shape index (κ3) is 3.07. The van der Waals surface area contributed by atoms with Crippen molar-refractivity contribution in [1.82, 2.24) is 0 Å². The minimum Gasteiger partial charge on any atom is -0.482 e. The van der Waals surface area contributed by atoms with Crippen LogP contribution in [-0.4, -0.2) is 32.8 Å². The van der Waals surface area contributed by atoms with E-state index >= 15 is 0 Å². The Morgan fingerprint density at radius 1 is 1.42 bits per heavy atom. The molecule has 0 radical (unpaired) electrons. The first-order chi connectivity index (χ1) is 9.13. The molecule has 0 aromatic heterocycles. The first-order valence-corrected chi connectivity index (χ1v) is 6.69. The van der Waals surface area contributed by atoms with Crippen molar-refractivity contribution in [2.24, 2.45) is 0 Å². The lowest BCUT2D eigenvalue weighted by atomic mass is 10.0. The highest BCUT2D eigenvalue weighted by Gasteiger charge is 2.25. The number of methoxy groups -OCH3 is 1. The molecule has 1 aromatic rings. The molecule has 19 heavy (non-hydrogen) atoms. The van der Waals surface area contributed by atoms with Gasteiger partial charge in [0.05, 0.1) is 5.69 Å². The zero-order chi connectivity index (χ0) is 13.8. The molecular formula is C15H21NO3. The number of amides is 1. The van der Waals surface area contributed by atoms with Crippen LogP contribution < -0.4 is 9.64 Å². The van der Waals surface area contributed by atoms with E-state index in [1.54, 1.807) is 7.11 Å². The maximum absolute atomic E-state index is 12.0. The van der Waals surface area contributed by atoms with E-state index in [4.69, 9.17) is 9.47 Å². The van der Waals surface area contributed by atoms with Crippen LogP contribution in [0.15, 0.2) is 18.2 Å². The fourth-order valence-electron chi connectivity index (χ4n) is 2.19. The van der Waals surface area contributed by atoms with Gasteiger partial charge in [0, 0.05) is 20.3 Å². The number of carbonyl (C=O) groups excluding carboxylic acids is 1. The van der Waals surface area contributed by atoms with E-state index < -0.39 is 0 Å². The molecule has 0 spiro atoms. The summed E-state index contributed by atoms with van der Waals surface area (Å²) >= 11 is 0. The molecule has 0 bridgehead atoms. The van der Waals surface area contributed by atoms with Crippen molar-refractivity contribution in [3.05, 3.63) is 23.8 Å².